The van der Waals surface area contributed by atoms with Gasteiger partial charge < -0.3 is 19.8 Å². The van der Waals surface area contributed by atoms with Crippen molar-refractivity contribution in [3.63, 3.8) is 0 Å². The molecule has 0 fully saturated rings. The van der Waals surface area contributed by atoms with E-state index in [4.69, 9.17) is 15.2 Å². The van der Waals surface area contributed by atoms with Gasteiger partial charge in [-0.25, -0.2) is 4.98 Å². The number of fused-ring (bicyclic) bond motifs is 1. The molecule has 3 aromatic rings. The fourth-order valence-corrected chi connectivity index (χ4v) is 3.66. The fraction of sp³-hybridized carbons (Fsp3) is 0.350. The summed E-state index contributed by atoms with van der Waals surface area (Å²) < 4.78 is 13.5. The van der Waals surface area contributed by atoms with E-state index in [0.717, 1.165) is 40.6 Å². The molecule has 0 radical (unpaired) electrons. The molecule has 0 aliphatic heterocycles. The van der Waals surface area contributed by atoms with E-state index in [1.165, 1.54) is 0 Å². The Balaban J connectivity index is 0.00000261. The van der Waals surface area contributed by atoms with Gasteiger partial charge in [-0.2, -0.15) is 0 Å². The molecule has 0 bridgehead atoms. The summed E-state index contributed by atoms with van der Waals surface area (Å²) in [4.78, 5) is 4.53. The summed E-state index contributed by atoms with van der Waals surface area (Å²) in [6, 6.07) is 13.0. The van der Waals surface area contributed by atoms with E-state index in [9.17, 15) is 0 Å². The van der Waals surface area contributed by atoms with Gasteiger partial charge in [0, 0.05) is 37.4 Å². The molecule has 146 valence electrons. The third-order valence-electron chi connectivity index (χ3n) is 4.37. The molecule has 7 heteroatoms. The van der Waals surface area contributed by atoms with Gasteiger partial charge in [0.2, 0.25) is 0 Å². The minimum Gasteiger partial charge on any atom is -0.496 e. The molecule has 2 N–H and O–H groups in total. The Kier molecular flexibility index (Phi) is 6.92. The van der Waals surface area contributed by atoms with E-state index >= 15 is 0 Å². The summed E-state index contributed by atoms with van der Waals surface area (Å²) in [5.74, 6) is 1.34. The highest BCUT2D eigenvalue weighted by molar-refractivity contribution is 6.76. The molecule has 0 saturated heterocycles. The smallest absolute Gasteiger partial charge is 0.144 e. The molecule has 0 unspecified atom stereocenters. The number of nitrogen functional groups attached to an aromatic ring is 1. The number of methoxy groups -OCH3 is 1. The van der Waals surface area contributed by atoms with E-state index in [1.807, 2.05) is 34.9 Å². The predicted octanol–water partition coefficient (Wildman–Crippen LogP) is 5.03. The highest BCUT2D eigenvalue weighted by Gasteiger charge is 2.16. The first kappa shape index (κ1) is 21.3. The van der Waals surface area contributed by atoms with Crippen LogP contribution in [0.5, 0.6) is 5.75 Å². The van der Waals surface area contributed by atoms with Gasteiger partial charge in [-0.05, 0) is 24.2 Å². The van der Waals surface area contributed by atoms with Gasteiger partial charge in [0.25, 0.3) is 0 Å². The SMILES string of the molecule is COc1ccccc1-c1cn(COCC[Si](C)(C)C)c2nc(N)ccc12.Cl. The van der Waals surface area contributed by atoms with Crippen LogP contribution in [0.3, 0.4) is 0 Å². The summed E-state index contributed by atoms with van der Waals surface area (Å²) in [5, 5.41) is 1.04. The lowest BCUT2D eigenvalue weighted by molar-refractivity contribution is 0.0899. The van der Waals surface area contributed by atoms with Crippen molar-refractivity contribution in [2.45, 2.75) is 32.4 Å². The van der Waals surface area contributed by atoms with Crippen LogP contribution in [0.2, 0.25) is 25.7 Å². The molecule has 3 rings (SSSR count). The first-order valence-corrected chi connectivity index (χ1v) is 12.6. The summed E-state index contributed by atoms with van der Waals surface area (Å²) in [6.45, 7) is 8.28. The summed E-state index contributed by atoms with van der Waals surface area (Å²) in [6.07, 6.45) is 2.07. The highest BCUT2D eigenvalue weighted by atomic mass is 35.5. The lowest BCUT2D eigenvalue weighted by atomic mass is 10.0. The topological polar surface area (TPSA) is 62.3 Å². The Bertz CT molecular complexity index is 906. The maximum atomic E-state index is 5.94. The third kappa shape index (κ3) is 5.03. The Morgan fingerprint density at radius 2 is 1.81 bits per heavy atom. The second-order valence-electron chi connectivity index (χ2n) is 7.67. The minimum absolute atomic E-state index is 0. The highest BCUT2D eigenvalue weighted by Crippen LogP contribution is 2.36. The number of rotatable bonds is 7. The van der Waals surface area contributed by atoms with E-state index in [1.54, 1.807) is 7.11 Å². The number of hydrogen-bond acceptors (Lipinski definition) is 4. The molecule has 0 aliphatic carbocycles. The standard InChI is InChI=1S/C20H27N3O2Si.ClH/c1-24-18-8-6-5-7-15(18)17-13-23(14-25-11-12-26(2,3)4)20-16(17)9-10-19(21)22-20;/h5-10,13H,11-12,14H2,1-4H3,(H2,21,22);1H. The van der Waals surface area contributed by atoms with Crippen molar-refractivity contribution in [3.05, 3.63) is 42.6 Å². The number of ether oxygens (including phenoxy) is 2. The van der Waals surface area contributed by atoms with Crippen LogP contribution < -0.4 is 10.5 Å². The minimum atomic E-state index is -1.10. The van der Waals surface area contributed by atoms with Crippen molar-refractivity contribution in [2.24, 2.45) is 0 Å². The number of aromatic nitrogens is 2. The number of nitrogens with two attached hydrogens (primary N) is 1. The zero-order valence-electron chi connectivity index (χ0n) is 16.4. The van der Waals surface area contributed by atoms with Gasteiger partial charge in [-0.1, -0.05) is 37.8 Å². The fourth-order valence-electron chi connectivity index (χ4n) is 2.90. The Labute approximate surface area is 167 Å². The molecule has 2 heterocycles. The maximum absolute atomic E-state index is 5.94. The Hall–Kier alpha value is -2.02. The second kappa shape index (κ2) is 8.78. The van der Waals surface area contributed by atoms with Gasteiger partial charge in [-0.15, -0.1) is 12.4 Å². The normalized spacial score (nSPS) is 11.4. The van der Waals surface area contributed by atoms with Crippen LogP contribution in [-0.4, -0.2) is 31.3 Å². The number of pyridine rings is 1. The molecule has 5 nitrogen and oxygen atoms in total. The van der Waals surface area contributed by atoms with Crippen LogP contribution in [0.15, 0.2) is 42.6 Å². The average molecular weight is 406 g/mol. The van der Waals surface area contributed by atoms with Gasteiger partial charge >= 0.3 is 0 Å². The average Bonchev–Trinajstić information content (AvgIpc) is 2.95. The van der Waals surface area contributed by atoms with E-state index in [2.05, 4.69) is 36.9 Å². The van der Waals surface area contributed by atoms with E-state index in [-0.39, 0.29) is 12.4 Å². The van der Waals surface area contributed by atoms with Crippen LogP contribution >= 0.6 is 12.4 Å². The van der Waals surface area contributed by atoms with Crippen molar-refractivity contribution in [1.29, 1.82) is 0 Å². The summed E-state index contributed by atoms with van der Waals surface area (Å²) in [7, 11) is 0.584. The molecular weight excluding hydrogens is 378 g/mol. The molecule has 0 spiro atoms. The van der Waals surface area contributed by atoms with Crippen molar-refractivity contribution in [2.75, 3.05) is 19.5 Å². The second-order valence-corrected chi connectivity index (χ2v) is 13.3. The quantitative estimate of drug-likeness (QED) is 0.442. The van der Waals surface area contributed by atoms with E-state index in [0.29, 0.717) is 12.5 Å². The molecule has 0 saturated carbocycles. The zero-order valence-corrected chi connectivity index (χ0v) is 18.2. The molecule has 2 aromatic heterocycles. The number of benzene rings is 1. The predicted molar refractivity (Wildman–Crippen MR) is 117 cm³/mol. The first-order chi connectivity index (χ1) is 12.4. The Morgan fingerprint density at radius 3 is 2.52 bits per heavy atom. The third-order valence-corrected chi connectivity index (χ3v) is 6.07. The summed E-state index contributed by atoms with van der Waals surface area (Å²) >= 11 is 0. The maximum Gasteiger partial charge on any atom is 0.144 e. The van der Waals surface area contributed by atoms with Gasteiger partial charge in [-0.3, -0.25) is 0 Å². The van der Waals surface area contributed by atoms with Crippen LogP contribution in [0.1, 0.15) is 0 Å². The zero-order chi connectivity index (χ0) is 18.7. The van der Waals surface area contributed by atoms with Crippen LogP contribution in [0, 0.1) is 0 Å². The molecule has 0 aliphatic rings. The molecule has 1 aromatic carbocycles. The number of halogens is 1. The Morgan fingerprint density at radius 1 is 1.07 bits per heavy atom. The molecule has 0 amide bonds. The number of nitrogens with zero attached hydrogens (tertiary/aromatic N) is 2. The van der Waals surface area contributed by atoms with Crippen molar-refractivity contribution >= 4 is 37.3 Å². The summed E-state index contributed by atoms with van der Waals surface area (Å²) in [5.41, 5.74) is 8.86. The van der Waals surface area contributed by atoms with Gasteiger partial charge in [0.1, 0.15) is 23.9 Å². The van der Waals surface area contributed by atoms with Crippen molar-refractivity contribution in [1.82, 2.24) is 9.55 Å². The van der Waals surface area contributed by atoms with E-state index < -0.39 is 8.07 Å². The lowest BCUT2D eigenvalue weighted by Gasteiger charge is -2.15. The lowest BCUT2D eigenvalue weighted by Crippen LogP contribution is -2.22. The monoisotopic (exact) mass is 405 g/mol. The first-order valence-electron chi connectivity index (χ1n) is 8.85. The van der Waals surface area contributed by atoms with Gasteiger partial charge in [0.05, 0.1) is 7.11 Å². The molecule has 27 heavy (non-hydrogen) atoms. The van der Waals surface area contributed by atoms with Crippen molar-refractivity contribution < 1.29 is 9.47 Å². The number of para-hydroxylation sites is 1. The number of hydrogen-bond donors (Lipinski definition) is 1. The molecular formula is C20H28ClN3O2Si. The van der Waals surface area contributed by atoms with Crippen LogP contribution in [-0.2, 0) is 11.5 Å². The van der Waals surface area contributed by atoms with Crippen LogP contribution in [0.4, 0.5) is 5.82 Å². The largest absolute Gasteiger partial charge is 0.496 e. The number of anilines is 1. The molecule has 0 atom stereocenters. The van der Waals surface area contributed by atoms with Gasteiger partial charge in [0.15, 0.2) is 0 Å². The van der Waals surface area contributed by atoms with Crippen LogP contribution in [0.25, 0.3) is 22.2 Å². The van der Waals surface area contributed by atoms with Crippen molar-refractivity contribution in [3.8, 4) is 16.9 Å².